The van der Waals surface area contributed by atoms with Gasteiger partial charge in [-0.25, -0.2) is 38.1 Å². The van der Waals surface area contributed by atoms with Gasteiger partial charge in [-0.3, -0.25) is 46.5 Å². The van der Waals surface area contributed by atoms with E-state index in [9.17, 15) is 62.7 Å². The van der Waals surface area contributed by atoms with Gasteiger partial charge in [-0.15, -0.1) is 0 Å². The highest BCUT2D eigenvalue weighted by atomic mass is 31.3. The van der Waals surface area contributed by atoms with Gasteiger partial charge in [0.05, 0.1) is 39.5 Å². The SMILES string of the molecule is COC1[C@@H](OP(=O)([O-])OC[C@H]2O[C@@H](n3cnc4c(=O)[nH]c(C)nc43)C(O)[C@H]2O)[C@@H](COP(=O)([O-])OP(=O)([O-])OP(=O)([O-])OC[C@H]2O[C@@H]([n+]3cn(C)c4c(=O)[nH]c(N)nc43)C(O)[C@H]2OC)O[C@H]1n1cnc2c(N)ncnc21. The normalized spacial score (nSPS) is 30.2. The van der Waals surface area contributed by atoms with Crippen LogP contribution in [-0.2, 0) is 75.7 Å². The summed E-state index contributed by atoms with van der Waals surface area (Å²) in [4.78, 5) is 106. The molecule has 42 heteroatoms. The van der Waals surface area contributed by atoms with E-state index in [0.29, 0.717) is 0 Å². The maximum atomic E-state index is 13.6. The second-order valence-corrected chi connectivity index (χ2v) is 22.7. The molecule has 9 heterocycles. The standard InChI is InChI=1S/C34H46N14O24P4/c1-12-41-27-17(29(52)42-12)40-10-47(27)31-20(50)19(49)13(67-31)5-64-73(54,55)70-23-15(69-33(24(23)63-4)46-9-39-16-25(35)37-8-38-26(16)46)7-66-75(58,59)72-76(60,61)71-74(56,57)65-6-14-22(62-3)21(51)32(68-14)48-11-45(2)18-28(48)43-34(36)44-30(18)53/h8-11,13-15,19-24,31-33,49-51H,5-7H2,1-4H3,(H9-,35,36,37,38,41,42,43,44,52,53,54,55,56,57,58,59,60,61)/p-3/t13-,14-,15-,19+,20?,21?,22+,23+,24?,31-,32-,33-/m1/s1. The van der Waals surface area contributed by atoms with Crippen LogP contribution in [0.5, 0.6) is 0 Å². The van der Waals surface area contributed by atoms with Crippen molar-refractivity contribution in [1.82, 2.24) is 53.6 Å². The van der Waals surface area contributed by atoms with Crippen molar-refractivity contribution in [1.29, 1.82) is 0 Å². The number of nitrogens with one attached hydrogen (secondary N) is 2. The molecule has 3 aliphatic rings. The largest absolute Gasteiger partial charge is 0.756 e. The van der Waals surface area contributed by atoms with Crippen LogP contribution in [0.25, 0.3) is 33.5 Å². The van der Waals surface area contributed by atoms with E-state index < -0.39 is 136 Å². The lowest BCUT2D eigenvalue weighted by Gasteiger charge is -2.35. The second-order valence-electron chi connectivity index (χ2n) is 16.8. The van der Waals surface area contributed by atoms with Gasteiger partial charge >= 0.3 is 5.65 Å². The molecule has 416 valence electrons. The number of anilines is 2. The highest BCUT2D eigenvalue weighted by Crippen LogP contribution is 2.63. The molecule has 3 aliphatic heterocycles. The first-order valence-electron chi connectivity index (χ1n) is 21.7. The van der Waals surface area contributed by atoms with Crippen LogP contribution < -0.4 is 46.7 Å². The number of H-pyrrole nitrogens is 2. The third-order valence-electron chi connectivity index (χ3n) is 11.9. The van der Waals surface area contributed by atoms with Crippen molar-refractivity contribution < 1.29 is 108 Å². The third-order valence-corrected chi connectivity index (χ3v) is 17.0. The number of nitrogens with zero attached hydrogens (tertiary/aromatic N) is 10. The molecular formula is C34H43N14O24P4-3. The van der Waals surface area contributed by atoms with E-state index in [0.717, 1.165) is 42.3 Å². The zero-order valence-electron chi connectivity index (χ0n) is 39.2. The molecule has 0 saturated carbocycles. The van der Waals surface area contributed by atoms with Gasteiger partial charge in [0.15, 0.2) is 41.4 Å². The highest BCUT2D eigenvalue weighted by Gasteiger charge is 2.52. The molecule has 38 nitrogen and oxygen atoms in total. The van der Waals surface area contributed by atoms with Gasteiger partial charge in [-0.05, 0) is 6.92 Å². The quantitative estimate of drug-likeness (QED) is 0.0276. The number of nitrogens with two attached hydrogens (primary N) is 2. The minimum Gasteiger partial charge on any atom is -0.756 e. The molecule has 3 fully saturated rings. The van der Waals surface area contributed by atoms with Crippen molar-refractivity contribution in [2.75, 3.05) is 45.5 Å². The Morgan fingerprint density at radius 1 is 0.697 bits per heavy atom. The Hall–Kier alpha value is -4.95. The van der Waals surface area contributed by atoms with Gasteiger partial charge in [-0.2, -0.15) is 0 Å². The number of aliphatic hydroxyl groups is 3. The summed E-state index contributed by atoms with van der Waals surface area (Å²) in [5, 5.41) is 32.8. The number of ether oxygens (including phenoxy) is 5. The molecule has 0 aliphatic carbocycles. The van der Waals surface area contributed by atoms with Gasteiger partial charge in [0.25, 0.3) is 48.4 Å². The Kier molecular flexibility index (Phi) is 15.4. The molecule has 6 aromatic rings. The fourth-order valence-electron chi connectivity index (χ4n) is 8.63. The fraction of sp³-hybridized carbons (Fsp3) is 0.559. The summed E-state index contributed by atoms with van der Waals surface area (Å²) in [6.45, 7) is -2.07. The highest BCUT2D eigenvalue weighted by molar-refractivity contribution is 7.65. The summed E-state index contributed by atoms with van der Waals surface area (Å²) in [6, 6.07) is 0. The molecule has 0 bridgehead atoms. The first kappa shape index (κ1) is 55.8. The second kappa shape index (κ2) is 21.0. The molecule has 6 aromatic heterocycles. The number of methoxy groups -OCH3 is 2. The van der Waals surface area contributed by atoms with Crippen LogP contribution in [0, 0.1) is 6.92 Å². The number of phosphoric ester groups is 3. The number of imidazole rings is 3. The summed E-state index contributed by atoms with van der Waals surface area (Å²) in [5.41, 5.74) is 10.1. The Labute approximate surface area is 422 Å². The molecule has 7 unspecified atom stereocenters. The molecule has 0 radical (unpaired) electrons. The van der Waals surface area contributed by atoms with Crippen molar-refractivity contribution in [3.8, 4) is 0 Å². The average molecular weight is 1160 g/mol. The van der Waals surface area contributed by atoms with Gasteiger partial charge < -0.3 is 93.1 Å². The summed E-state index contributed by atoms with van der Waals surface area (Å²) < 4.78 is 113. The van der Waals surface area contributed by atoms with E-state index in [4.69, 9.17) is 48.7 Å². The first-order valence-corrected chi connectivity index (χ1v) is 27.5. The summed E-state index contributed by atoms with van der Waals surface area (Å²) in [5.74, 6) is -0.230. The van der Waals surface area contributed by atoms with E-state index in [-0.39, 0.29) is 51.1 Å². The predicted molar refractivity (Wildman–Crippen MR) is 235 cm³/mol. The maximum Gasteiger partial charge on any atom is 0.313 e. The molecule has 0 spiro atoms. The number of phosphoric acid groups is 4. The minimum atomic E-state index is -6.56. The van der Waals surface area contributed by atoms with Crippen LogP contribution in [0.2, 0.25) is 0 Å². The number of hydrogen-bond acceptors (Lipinski definition) is 32. The Morgan fingerprint density at radius 2 is 1.29 bits per heavy atom. The van der Waals surface area contributed by atoms with Crippen LogP contribution in [0.1, 0.15) is 24.5 Å². The van der Waals surface area contributed by atoms with Crippen LogP contribution in [0.4, 0.5) is 11.8 Å². The van der Waals surface area contributed by atoms with Crippen LogP contribution >= 0.6 is 31.3 Å². The first-order chi connectivity index (χ1) is 35.7. The summed E-state index contributed by atoms with van der Waals surface area (Å²) in [7, 11) is -21.1. The molecule has 76 heavy (non-hydrogen) atoms. The Bertz CT molecular complexity index is 3490. The van der Waals surface area contributed by atoms with Gasteiger partial charge in [0.1, 0.15) is 72.6 Å². The molecule has 9 rings (SSSR count). The molecule has 16 atom stereocenters. The Balaban J connectivity index is 0.866. The van der Waals surface area contributed by atoms with Gasteiger partial charge in [0, 0.05) is 14.2 Å². The molecule has 0 aromatic carbocycles. The van der Waals surface area contributed by atoms with Crippen molar-refractivity contribution in [2.24, 2.45) is 7.05 Å². The van der Waals surface area contributed by atoms with E-state index in [2.05, 4.69) is 53.0 Å². The van der Waals surface area contributed by atoms with Crippen LogP contribution in [0.3, 0.4) is 0 Å². The van der Waals surface area contributed by atoms with Crippen LogP contribution in [0.15, 0.2) is 34.9 Å². The third kappa shape index (κ3) is 11.1. The zero-order chi connectivity index (χ0) is 55.0. The number of fused-ring (bicyclic) bond motifs is 3. The Morgan fingerprint density at radius 3 is 1.95 bits per heavy atom. The van der Waals surface area contributed by atoms with Crippen molar-refractivity contribution in [3.63, 3.8) is 0 Å². The number of rotatable bonds is 20. The summed E-state index contributed by atoms with van der Waals surface area (Å²) in [6.07, 6.45) is -15.1. The number of aryl methyl sites for hydroxylation is 2. The van der Waals surface area contributed by atoms with E-state index >= 15 is 0 Å². The lowest BCUT2D eigenvalue weighted by molar-refractivity contribution is -0.745. The van der Waals surface area contributed by atoms with Crippen molar-refractivity contribution in [2.45, 2.75) is 80.5 Å². The number of hydrogen-bond donors (Lipinski definition) is 7. The minimum absolute atomic E-state index is 0.000498. The van der Waals surface area contributed by atoms with E-state index in [1.54, 1.807) is 0 Å². The van der Waals surface area contributed by atoms with E-state index in [1.165, 1.54) is 29.4 Å². The molecule has 9 N–H and O–H groups in total. The number of aromatic nitrogens is 12. The van der Waals surface area contributed by atoms with Crippen LogP contribution in [-0.4, -0.2) is 158 Å². The lowest BCUT2D eigenvalue weighted by atomic mass is 10.1. The zero-order valence-corrected chi connectivity index (χ0v) is 42.8. The van der Waals surface area contributed by atoms with Gasteiger partial charge in [-0.1, -0.05) is 4.98 Å². The summed E-state index contributed by atoms with van der Waals surface area (Å²) >= 11 is 0. The number of aromatic amines is 2. The number of aliphatic hydroxyl groups excluding tert-OH is 3. The van der Waals surface area contributed by atoms with Gasteiger partial charge in [0.2, 0.25) is 11.7 Å². The maximum absolute atomic E-state index is 13.6. The fourth-order valence-corrected chi connectivity index (χ4v) is 13.0. The predicted octanol–water partition coefficient (Wildman–Crippen LogP) is -5.86. The lowest BCUT2D eigenvalue weighted by Crippen LogP contribution is -2.46. The molecular weight excluding hydrogens is 1110 g/mol. The average Bonchev–Trinajstić information content (AvgIpc) is 4.18. The van der Waals surface area contributed by atoms with Crippen molar-refractivity contribution in [3.05, 3.63) is 51.8 Å². The molecule has 0 amide bonds. The van der Waals surface area contributed by atoms with E-state index in [1.807, 2.05) is 0 Å². The van der Waals surface area contributed by atoms with Crippen molar-refractivity contribution >= 4 is 76.5 Å². The monoisotopic (exact) mass is 1160 g/mol. The number of nitrogen functional groups attached to an aromatic ring is 2. The topological polar surface area (TPSA) is 537 Å². The smallest absolute Gasteiger partial charge is 0.313 e. The molecule has 3 saturated heterocycles.